The van der Waals surface area contributed by atoms with Crippen LogP contribution in [-0.2, 0) is 0 Å². The Balaban J connectivity index is 1.32. The van der Waals surface area contributed by atoms with Crippen LogP contribution in [0.4, 0.5) is 0 Å². The summed E-state index contributed by atoms with van der Waals surface area (Å²) in [5.74, 6) is 0.954. The van der Waals surface area contributed by atoms with Crippen molar-refractivity contribution in [3.05, 3.63) is 54.6 Å². The summed E-state index contributed by atoms with van der Waals surface area (Å²) in [6.45, 7) is 0. The number of hydrogen-bond acceptors (Lipinski definition) is 3. The first-order valence-corrected chi connectivity index (χ1v) is 10.1. The fraction of sp³-hybridized carbons (Fsp3) is 0.364. The molecule has 3 aromatic rings. The minimum atomic E-state index is 0.769. The number of rotatable bonds is 3. The van der Waals surface area contributed by atoms with Crippen molar-refractivity contribution in [2.24, 2.45) is 0 Å². The molecule has 0 spiro atoms. The van der Waals surface area contributed by atoms with E-state index in [2.05, 4.69) is 66.2 Å². The van der Waals surface area contributed by atoms with Crippen molar-refractivity contribution >= 4 is 22.7 Å². The summed E-state index contributed by atoms with van der Waals surface area (Å²) in [6.07, 6.45) is 5.46. The van der Waals surface area contributed by atoms with Gasteiger partial charge >= 0.3 is 0 Å². The van der Waals surface area contributed by atoms with Crippen LogP contribution in [0.3, 0.4) is 0 Å². The molecule has 2 nitrogen and oxygen atoms in total. The highest BCUT2D eigenvalue weighted by Gasteiger charge is 2.38. The summed E-state index contributed by atoms with van der Waals surface area (Å²) in [4.78, 5) is 4.00. The maximum absolute atomic E-state index is 5.98. The van der Waals surface area contributed by atoms with Crippen molar-refractivity contribution in [2.45, 2.75) is 47.9 Å². The monoisotopic (exact) mass is 349 g/mol. The van der Waals surface area contributed by atoms with Gasteiger partial charge in [0.2, 0.25) is 0 Å². The molecule has 3 heteroatoms. The molecule has 0 aliphatic carbocycles. The van der Waals surface area contributed by atoms with Crippen LogP contribution in [0.1, 0.15) is 25.7 Å². The van der Waals surface area contributed by atoms with Crippen molar-refractivity contribution in [1.29, 1.82) is 0 Å². The molecular formula is C22H23NOS. The molecule has 2 fully saturated rings. The van der Waals surface area contributed by atoms with E-state index in [1.54, 1.807) is 0 Å². The molecule has 3 heterocycles. The Morgan fingerprint density at radius 1 is 0.960 bits per heavy atom. The molecule has 2 bridgehead atoms. The van der Waals surface area contributed by atoms with Gasteiger partial charge in [0, 0.05) is 33.2 Å². The quantitative estimate of drug-likeness (QED) is 0.593. The van der Waals surface area contributed by atoms with Crippen LogP contribution >= 0.6 is 11.8 Å². The molecule has 5 rings (SSSR count). The molecule has 2 aromatic carbocycles. The first-order valence-electron chi connectivity index (χ1n) is 9.24. The Labute approximate surface area is 153 Å². The van der Waals surface area contributed by atoms with Crippen molar-refractivity contribution in [3.8, 4) is 11.3 Å². The third kappa shape index (κ3) is 2.90. The smallest absolute Gasteiger partial charge is 0.135 e. The predicted molar refractivity (Wildman–Crippen MR) is 105 cm³/mol. The Bertz CT molecular complexity index is 837. The molecule has 0 radical (unpaired) electrons. The van der Waals surface area contributed by atoms with Crippen LogP contribution in [0, 0.1) is 0 Å². The second-order valence-electron chi connectivity index (χ2n) is 7.43. The lowest BCUT2D eigenvalue weighted by Crippen LogP contribution is -2.40. The van der Waals surface area contributed by atoms with E-state index in [1.165, 1.54) is 30.6 Å². The van der Waals surface area contributed by atoms with E-state index in [1.807, 2.05) is 12.1 Å². The predicted octanol–water partition coefficient (Wildman–Crippen LogP) is 5.82. The molecule has 1 aromatic heterocycles. The Morgan fingerprint density at radius 2 is 1.68 bits per heavy atom. The van der Waals surface area contributed by atoms with Crippen LogP contribution in [0.25, 0.3) is 22.3 Å². The zero-order valence-electron chi connectivity index (χ0n) is 14.5. The van der Waals surface area contributed by atoms with E-state index in [0.29, 0.717) is 0 Å². The van der Waals surface area contributed by atoms with E-state index in [9.17, 15) is 0 Å². The van der Waals surface area contributed by atoms with E-state index >= 15 is 0 Å². The lowest BCUT2D eigenvalue weighted by Gasteiger charge is -2.36. The largest absolute Gasteiger partial charge is 0.456 e. The van der Waals surface area contributed by atoms with Gasteiger partial charge in [0.25, 0.3) is 0 Å². The number of furan rings is 1. The summed E-state index contributed by atoms with van der Waals surface area (Å²) < 4.78 is 5.98. The van der Waals surface area contributed by atoms with E-state index in [4.69, 9.17) is 4.42 Å². The van der Waals surface area contributed by atoms with Crippen molar-refractivity contribution in [1.82, 2.24) is 4.90 Å². The van der Waals surface area contributed by atoms with Crippen LogP contribution < -0.4 is 0 Å². The highest BCUT2D eigenvalue weighted by Crippen LogP contribution is 2.41. The normalized spacial score (nSPS) is 26.4. The number of benzene rings is 2. The van der Waals surface area contributed by atoms with E-state index in [-0.39, 0.29) is 0 Å². The van der Waals surface area contributed by atoms with Gasteiger partial charge in [0.1, 0.15) is 11.3 Å². The van der Waals surface area contributed by atoms with Crippen LogP contribution in [0.5, 0.6) is 0 Å². The summed E-state index contributed by atoms with van der Waals surface area (Å²) in [5, 5.41) is 1.93. The molecule has 25 heavy (non-hydrogen) atoms. The molecule has 2 saturated heterocycles. The van der Waals surface area contributed by atoms with Gasteiger partial charge in [-0.2, -0.15) is 0 Å². The Hall–Kier alpha value is -1.71. The van der Waals surface area contributed by atoms with Gasteiger partial charge in [-0.15, -0.1) is 11.8 Å². The van der Waals surface area contributed by atoms with Gasteiger partial charge in [-0.3, -0.25) is 0 Å². The average Bonchev–Trinajstić information content (AvgIpc) is 3.13. The molecule has 2 atom stereocenters. The highest BCUT2D eigenvalue weighted by molar-refractivity contribution is 8.00. The summed E-state index contributed by atoms with van der Waals surface area (Å²) in [6, 6.07) is 20.9. The fourth-order valence-electron chi connectivity index (χ4n) is 4.47. The topological polar surface area (TPSA) is 16.4 Å². The lowest BCUT2D eigenvalue weighted by atomic mass is 10.0. The summed E-state index contributed by atoms with van der Waals surface area (Å²) >= 11 is 2.07. The van der Waals surface area contributed by atoms with Crippen LogP contribution in [0.15, 0.2) is 63.9 Å². The van der Waals surface area contributed by atoms with Gasteiger partial charge in [0.15, 0.2) is 0 Å². The number of thioether (sulfide) groups is 1. The van der Waals surface area contributed by atoms with Gasteiger partial charge in [-0.1, -0.05) is 30.3 Å². The Kier molecular flexibility index (Phi) is 3.87. The maximum atomic E-state index is 5.98. The third-order valence-corrected chi connectivity index (χ3v) is 7.18. The van der Waals surface area contributed by atoms with Gasteiger partial charge < -0.3 is 9.32 Å². The zero-order chi connectivity index (χ0) is 16.8. The van der Waals surface area contributed by atoms with Crippen LogP contribution in [-0.4, -0.2) is 29.3 Å². The highest BCUT2D eigenvalue weighted by atomic mass is 32.2. The number of piperidine rings is 1. The molecular weight excluding hydrogens is 326 g/mol. The minimum absolute atomic E-state index is 0.769. The fourth-order valence-corrected chi connectivity index (χ4v) is 5.79. The second kappa shape index (κ2) is 6.22. The first-order chi connectivity index (χ1) is 12.3. The number of nitrogens with zero attached hydrogens (tertiary/aromatic N) is 1. The molecule has 128 valence electrons. The Morgan fingerprint density at radius 3 is 2.40 bits per heavy atom. The lowest BCUT2D eigenvalue weighted by molar-refractivity contribution is 0.183. The van der Waals surface area contributed by atoms with Gasteiger partial charge in [0.05, 0.1) is 0 Å². The van der Waals surface area contributed by atoms with E-state index in [0.717, 1.165) is 39.6 Å². The SMILES string of the molecule is CN1C2CCC1CC(Sc1ccc(-c3cc4ccccc4o3)cc1)C2. The molecule has 2 aliphatic rings. The van der Waals surface area contributed by atoms with Crippen molar-refractivity contribution < 1.29 is 4.42 Å². The standard InChI is InChI=1S/C22H23NOS/c1-23-17-8-9-18(23)14-20(13-17)25-19-10-6-15(7-11-19)22-12-16-4-2-3-5-21(16)24-22/h2-7,10-12,17-18,20H,8-9,13-14H2,1H3. The second-order valence-corrected chi connectivity index (χ2v) is 8.81. The molecule has 0 amide bonds. The molecule has 0 N–H and O–H groups in total. The molecule has 0 saturated carbocycles. The maximum Gasteiger partial charge on any atom is 0.135 e. The van der Waals surface area contributed by atoms with E-state index < -0.39 is 0 Å². The average molecular weight is 349 g/mol. The molecule has 2 unspecified atom stereocenters. The molecule has 2 aliphatic heterocycles. The van der Waals surface area contributed by atoms with Crippen LogP contribution in [0.2, 0.25) is 0 Å². The number of fused-ring (bicyclic) bond motifs is 3. The summed E-state index contributed by atoms with van der Waals surface area (Å²) in [7, 11) is 2.31. The first kappa shape index (κ1) is 15.5. The summed E-state index contributed by atoms with van der Waals surface area (Å²) in [5.41, 5.74) is 2.11. The van der Waals surface area contributed by atoms with Gasteiger partial charge in [-0.05, 0) is 57.0 Å². The van der Waals surface area contributed by atoms with Gasteiger partial charge in [-0.25, -0.2) is 0 Å². The van der Waals surface area contributed by atoms with Crippen molar-refractivity contribution in [3.63, 3.8) is 0 Å². The third-order valence-electron chi connectivity index (χ3n) is 5.92. The number of para-hydroxylation sites is 1. The van der Waals surface area contributed by atoms with Crippen molar-refractivity contribution in [2.75, 3.05) is 7.05 Å². The number of hydrogen-bond donors (Lipinski definition) is 0. The zero-order valence-corrected chi connectivity index (χ0v) is 15.3. The minimum Gasteiger partial charge on any atom is -0.456 e.